The van der Waals surface area contributed by atoms with Crippen molar-refractivity contribution >= 4 is 5.69 Å². The molecule has 0 saturated carbocycles. The van der Waals surface area contributed by atoms with Gasteiger partial charge >= 0.3 is 5.69 Å². The number of hydrogen-bond donors (Lipinski definition) is 1. The molecule has 0 amide bonds. The minimum atomic E-state index is -0.687. The molecule has 0 aromatic heterocycles. The molecule has 0 aliphatic heterocycles. The summed E-state index contributed by atoms with van der Waals surface area (Å²) in [5, 5.41) is 23.4. The van der Waals surface area contributed by atoms with E-state index in [9.17, 15) is 15.4 Å². The fourth-order valence-electron chi connectivity index (χ4n) is 1.91. The summed E-state index contributed by atoms with van der Waals surface area (Å²) in [6.07, 6.45) is 1.39. The Hall–Kier alpha value is -2.13. The van der Waals surface area contributed by atoms with Crippen LogP contribution < -0.4 is 10.1 Å². The molecule has 0 aliphatic rings. The second kappa shape index (κ2) is 7.60. The van der Waals surface area contributed by atoms with Crippen LogP contribution in [-0.4, -0.2) is 23.6 Å². The van der Waals surface area contributed by atoms with Crippen molar-refractivity contribution in [3.05, 3.63) is 33.9 Å². The molecule has 1 N–H and O–H groups in total. The molecular formula is C15H21N3O3. The quantitative estimate of drug-likeness (QED) is 0.587. The molecule has 114 valence electrons. The van der Waals surface area contributed by atoms with E-state index in [0.29, 0.717) is 12.0 Å². The summed E-state index contributed by atoms with van der Waals surface area (Å²) in [5.74, 6) is 0.276. The van der Waals surface area contributed by atoms with E-state index >= 15 is 0 Å². The summed E-state index contributed by atoms with van der Waals surface area (Å²) < 4.78 is 5.57. The van der Waals surface area contributed by atoms with Crippen molar-refractivity contribution in [2.75, 3.05) is 13.2 Å². The minimum absolute atomic E-state index is 0.0461. The van der Waals surface area contributed by atoms with Crippen LogP contribution in [0.25, 0.3) is 0 Å². The maximum absolute atomic E-state index is 11.0. The third kappa shape index (κ3) is 4.72. The molecule has 1 atom stereocenters. The Labute approximate surface area is 124 Å². The predicted octanol–water partition coefficient (Wildman–Crippen LogP) is 2.95. The second-order valence-electron chi connectivity index (χ2n) is 5.15. The first-order valence-electron chi connectivity index (χ1n) is 6.96. The molecule has 1 unspecified atom stereocenters. The Kier molecular flexibility index (Phi) is 6.12. The number of nitro benzene ring substituents is 1. The van der Waals surface area contributed by atoms with Gasteiger partial charge in [0.1, 0.15) is 5.54 Å². The van der Waals surface area contributed by atoms with Gasteiger partial charge in [-0.1, -0.05) is 19.1 Å². The van der Waals surface area contributed by atoms with Crippen LogP contribution >= 0.6 is 0 Å². The summed E-state index contributed by atoms with van der Waals surface area (Å²) >= 11 is 0. The average Bonchev–Trinajstić information content (AvgIpc) is 2.46. The summed E-state index contributed by atoms with van der Waals surface area (Å²) in [5.41, 5.74) is -0.0208. The summed E-state index contributed by atoms with van der Waals surface area (Å²) in [4.78, 5) is 10.5. The van der Waals surface area contributed by atoms with Crippen molar-refractivity contribution in [1.82, 2.24) is 5.32 Å². The monoisotopic (exact) mass is 291 g/mol. The first kappa shape index (κ1) is 16.9. The van der Waals surface area contributed by atoms with Crippen molar-refractivity contribution in [2.24, 2.45) is 0 Å². The molecule has 0 fully saturated rings. The van der Waals surface area contributed by atoms with Crippen LogP contribution in [0.3, 0.4) is 0 Å². The standard InChI is InChI=1S/C15H21N3O3/c1-4-9-17-15(3,11-16)8-10-21-14-12(2)6-5-7-13(14)18(19)20/h5-7,17H,4,8-10H2,1-3H3. The molecule has 0 bridgehead atoms. The van der Waals surface area contributed by atoms with Gasteiger partial charge in [0, 0.05) is 12.5 Å². The zero-order valence-corrected chi connectivity index (χ0v) is 12.7. The number of ether oxygens (including phenoxy) is 1. The zero-order valence-electron chi connectivity index (χ0n) is 12.7. The smallest absolute Gasteiger partial charge is 0.311 e. The Morgan fingerprint density at radius 3 is 2.81 bits per heavy atom. The van der Waals surface area contributed by atoms with Crippen molar-refractivity contribution in [2.45, 2.75) is 39.2 Å². The lowest BCUT2D eigenvalue weighted by Gasteiger charge is -2.23. The number of benzene rings is 1. The van der Waals surface area contributed by atoms with Crippen LogP contribution in [0.15, 0.2) is 18.2 Å². The summed E-state index contributed by atoms with van der Waals surface area (Å²) in [6, 6.07) is 7.04. The summed E-state index contributed by atoms with van der Waals surface area (Å²) in [7, 11) is 0. The van der Waals surface area contributed by atoms with Crippen molar-refractivity contribution in [3.63, 3.8) is 0 Å². The van der Waals surface area contributed by atoms with Gasteiger partial charge in [-0.05, 0) is 32.4 Å². The van der Waals surface area contributed by atoms with Gasteiger partial charge < -0.3 is 4.74 Å². The number of para-hydroxylation sites is 1. The van der Waals surface area contributed by atoms with E-state index in [-0.39, 0.29) is 18.0 Å². The van der Waals surface area contributed by atoms with Gasteiger partial charge in [-0.15, -0.1) is 0 Å². The number of rotatable bonds is 8. The highest BCUT2D eigenvalue weighted by molar-refractivity contribution is 5.51. The third-order valence-electron chi connectivity index (χ3n) is 3.25. The van der Waals surface area contributed by atoms with Crippen molar-refractivity contribution in [3.8, 4) is 11.8 Å². The van der Waals surface area contributed by atoms with Crippen LogP contribution in [0.2, 0.25) is 0 Å². The largest absolute Gasteiger partial charge is 0.487 e. The van der Waals surface area contributed by atoms with E-state index in [1.54, 1.807) is 26.0 Å². The lowest BCUT2D eigenvalue weighted by molar-refractivity contribution is -0.385. The van der Waals surface area contributed by atoms with E-state index in [1.807, 2.05) is 6.92 Å². The molecule has 0 saturated heterocycles. The van der Waals surface area contributed by atoms with Gasteiger partial charge in [-0.3, -0.25) is 15.4 Å². The molecule has 6 heteroatoms. The fourth-order valence-corrected chi connectivity index (χ4v) is 1.91. The van der Waals surface area contributed by atoms with E-state index in [0.717, 1.165) is 13.0 Å². The molecule has 0 aliphatic carbocycles. The number of nitriles is 1. The van der Waals surface area contributed by atoms with E-state index in [2.05, 4.69) is 11.4 Å². The molecule has 6 nitrogen and oxygen atoms in total. The Morgan fingerprint density at radius 1 is 1.52 bits per heavy atom. The van der Waals surface area contributed by atoms with Gasteiger partial charge in [0.25, 0.3) is 0 Å². The highest BCUT2D eigenvalue weighted by Crippen LogP contribution is 2.30. The first-order valence-corrected chi connectivity index (χ1v) is 6.96. The van der Waals surface area contributed by atoms with E-state index in [1.165, 1.54) is 6.07 Å². The third-order valence-corrected chi connectivity index (χ3v) is 3.25. The molecular weight excluding hydrogens is 270 g/mol. The maximum atomic E-state index is 11.0. The number of nitrogens with one attached hydrogen (secondary N) is 1. The number of nitrogens with zero attached hydrogens (tertiary/aromatic N) is 2. The normalized spacial score (nSPS) is 13.2. The van der Waals surface area contributed by atoms with Crippen LogP contribution in [0.5, 0.6) is 5.75 Å². The average molecular weight is 291 g/mol. The molecule has 0 radical (unpaired) electrons. The lowest BCUT2D eigenvalue weighted by Crippen LogP contribution is -2.42. The molecule has 1 rings (SSSR count). The second-order valence-corrected chi connectivity index (χ2v) is 5.15. The van der Waals surface area contributed by atoms with Gasteiger partial charge in [-0.2, -0.15) is 5.26 Å². The topological polar surface area (TPSA) is 88.2 Å². The number of nitro groups is 1. The fraction of sp³-hybridized carbons (Fsp3) is 0.533. The molecule has 1 aromatic carbocycles. The van der Waals surface area contributed by atoms with E-state index < -0.39 is 10.5 Å². The van der Waals surface area contributed by atoms with Gasteiger partial charge in [-0.25, -0.2) is 0 Å². The lowest BCUT2D eigenvalue weighted by atomic mass is 10.0. The number of aryl methyl sites for hydroxylation is 1. The van der Waals surface area contributed by atoms with E-state index in [4.69, 9.17) is 4.74 Å². The Balaban J connectivity index is 2.72. The van der Waals surface area contributed by atoms with Crippen LogP contribution in [0.1, 0.15) is 32.3 Å². The SMILES string of the molecule is CCCNC(C)(C#N)CCOc1c(C)cccc1[N+](=O)[O-]. The van der Waals surface area contributed by atoms with Gasteiger partial charge in [0.05, 0.1) is 17.6 Å². The highest BCUT2D eigenvalue weighted by atomic mass is 16.6. The zero-order chi connectivity index (χ0) is 15.9. The number of hydrogen-bond acceptors (Lipinski definition) is 5. The van der Waals surface area contributed by atoms with Crippen molar-refractivity contribution < 1.29 is 9.66 Å². The maximum Gasteiger partial charge on any atom is 0.311 e. The Morgan fingerprint density at radius 2 is 2.24 bits per heavy atom. The van der Waals surface area contributed by atoms with Gasteiger partial charge in [0.15, 0.2) is 5.75 Å². The van der Waals surface area contributed by atoms with Crippen LogP contribution in [0, 0.1) is 28.4 Å². The highest BCUT2D eigenvalue weighted by Gasteiger charge is 2.24. The Bertz CT molecular complexity index is 539. The predicted molar refractivity (Wildman–Crippen MR) is 80.3 cm³/mol. The minimum Gasteiger partial charge on any atom is -0.487 e. The van der Waals surface area contributed by atoms with Crippen LogP contribution in [-0.2, 0) is 0 Å². The van der Waals surface area contributed by atoms with Gasteiger partial charge in [0.2, 0.25) is 0 Å². The summed E-state index contributed by atoms with van der Waals surface area (Å²) in [6.45, 7) is 6.58. The van der Waals surface area contributed by atoms with Crippen LogP contribution in [0.4, 0.5) is 5.69 Å². The molecule has 0 spiro atoms. The molecule has 1 aromatic rings. The molecule has 21 heavy (non-hydrogen) atoms. The first-order chi connectivity index (χ1) is 9.93. The van der Waals surface area contributed by atoms with Crippen molar-refractivity contribution in [1.29, 1.82) is 5.26 Å². The molecule has 0 heterocycles.